The van der Waals surface area contributed by atoms with Gasteiger partial charge < -0.3 is 24.8 Å². The smallest absolute Gasteiger partial charge is 0.355 e. The predicted octanol–water partition coefficient (Wildman–Crippen LogP) is 2.71. The Morgan fingerprint density at radius 3 is 2.48 bits per heavy atom. The Bertz CT molecular complexity index is 783. The molecule has 144 valence electrons. The van der Waals surface area contributed by atoms with Crippen molar-refractivity contribution in [1.29, 1.82) is 0 Å². The molecule has 7 nitrogen and oxygen atoms in total. The summed E-state index contributed by atoms with van der Waals surface area (Å²) < 4.78 is 5.74. The number of anilines is 2. The number of halogens is 1. The number of aromatic nitrogens is 1. The van der Waals surface area contributed by atoms with Crippen molar-refractivity contribution < 1.29 is 14.3 Å². The molecule has 1 saturated heterocycles. The Hall–Kier alpha value is -2.32. The molecular formula is C19H23BrN4O3. The van der Waals surface area contributed by atoms with Crippen LogP contribution in [0.4, 0.5) is 11.4 Å². The summed E-state index contributed by atoms with van der Waals surface area (Å²) in [6, 6.07) is 9.32. The number of carbonyl (C=O) groups is 2. The first kappa shape index (κ1) is 19.4. The van der Waals surface area contributed by atoms with Gasteiger partial charge in [-0.1, -0.05) is 6.92 Å². The second-order valence-electron chi connectivity index (χ2n) is 6.32. The first-order valence-electron chi connectivity index (χ1n) is 8.93. The van der Waals surface area contributed by atoms with E-state index in [2.05, 4.69) is 43.0 Å². The number of hydrogen-bond acceptors (Lipinski definition) is 5. The maximum absolute atomic E-state index is 12.0. The second-order valence-corrected chi connectivity index (χ2v) is 7.24. The van der Waals surface area contributed by atoms with Gasteiger partial charge in [0, 0.05) is 48.2 Å². The summed E-state index contributed by atoms with van der Waals surface area (Å²) in [4.78, 5) is 31.3. The molecule has 0 unspecified atom stereocenters. The van der Waals surface area contributed by atoms with E-state index in [1.807, 2.05) is 24.3 Å². The molecule has 2 aromatic rings. The van der Waals surface area contributed by atoms with Crippen LogP contribution in [-0.4, -0.2) is 61.1 Å². The average molecular weight is 435 g/mol. The van der Waals surface area contributed by atoms with Gasteiger partial charge >= 0.3 is 5.97 Å². The van der Waals surface area contributed by atoms with E-state index >= 15 is 0 Å². The number of piperazine rings is 1. The maximum Gasteiger partial charge on any atom is 0.355 e. The fraction of sp³-hybridized carbons (Fsp3) is 0.368. The molecule has 1 aromatic heterocycles. The van der Waals surface area contributed by atoms with Crippen LogP contribution in [0.3, 0.4) is 0 Å². The molecule has 1 amide bonds. The number of rotatable bonds is 6. The van der Waals surface area contributed by atoms with E-state index in [4.69, 9.17) is 4.74 Å². The minimum Gasteiger partial charge on any atom is -0.451 e. The van der Waals surface area contributed by atoms with Gasteiger partial charge in [-0.15, -0.1) is 0 Å². The summed E-state index contributed by atoms with van der Waals surface area (Å²) in [6.07, 6.45) is 1.63. The lowest BCUT2D eigenvalue weighted by Crippen LogP contribution is -2.46. The van der Waals surface area contributed by atoms with Gasteiger partial charge in [-0.2, -0.15) is 0 Å². The van der Waals surface area contributed by atoms with E-state index in [-0.39, 0.29) is 12.5 Å². The predicted molar refractivity (Wildman–Crippen MR) is 108 cm³/mol. The van der Waals surface area contributed by atoms with Crippen LogP contribution in [0.5, 0.6) is 0 Å². The molecule has 1 aliphatic rings. The molecule has 8 heteroatoms. The third-order valence-corrected chi connectivity index (χ3v) is 5.00. The van der Waals surface area contributed by atoms with Gasteiger partial charge in [0.2, 0.25) is 0 Å². The molecule has 0 saturated carbocycles. The van der Waals surface area contributed by atoms with Crippen LogP contribution >= 0.6 is 15.9 Å². The molecular weight excluding hydrogens is 412 g/mol. The van der Waals surface area contributed by atoms with Gasteiger partial charge in [-0.25, -0.2) is 4.79 Å². The molecule has 2 heterocycles. The average Bonchev–Trinajstić information content (AvgIpc) is 3.13. The van der Waals surface area contributed by atoms with Crippen LogP contribution in [0.25, 0.3) is 0 Å². The first-order valence-corrected chi connectivity index (χ1v) is 9.72. The van der Waals surface area contributed by atoms with Crippen LogP contribution < -0.4 is 10.2 Å². The SMILES string of the molecule is CCN1CCN(c2ccc(NC(=O)COC(=O)c3cc(Br)c[nH]3)cc2)CC1. The van der Waals surface area contributed by atoms with Gasteiger partial charge in [0.25, 0.3) is 5.91 Å². The Morgan fingerprint density at radius 1 is 1.19 bits per heavy atom. The normalized spacial score (nSPS) is 14.8. The van der Waals surface area contributed by atoms with Crippen molar-refractivity contribution in [2.75, 3.05) is 49.5 Å². The minimum atomic E-state index is -0.572. The Kier molecular flexibility index (Phi) is 6.52. The number of nitrogens with one attached hydrogen (secondary N) is 2. The van der Waals surface area contributed by atoms with Crippen LogP contribution in [0, 0.1) is 0 Å². The van der Waals surface area contributed by atoms with Crippen LogP contribution in [0.15, 0.2) is 41.0 Å². The molecule has 1 aromatic carbocycles. The minimum absolute atomic E-state index is 0.294. The van der Waals surface area contributed by atoms with Crippen molar-refractivity contribution in [3.8, 4) is 0 Å². The summed E-state index contributed by atoms with van der Waals surface area (Å²) >= 11 is 3.24. The number of esters is 1. The van der Waals surface area contributed by atoms with Gasteiger partial charge in [-0.3, -0.25) is 4.79 Å². The number of ether oxygens (including phenoxy) is 1. The summed E-state index contributed by atoms with van der Waals surface area (Å²) in [7, 11) is 0. The monoisotopic (exact) mass is 434 g/mol. The van der Waals surface area contributed by atoms with Crippen molar-refractivity contribution in [3.63, 3.8) is 0 Å². The van der Waals surface area contributed by atoms with Crippen molar-refractivity contribution in [2.24, 2.45) is 0 Å². The number of nitrogens with zero attached hydrogens (tertiary/aromatic N) is 2. The fourth-order valence-electron chi connectivity index (χ4n) is 2.97. The van der Waals surface area contributed by atoms with E-state index in [0.717, 1.165) is 42.9 Å². The highest BCUT2D eigenvalue weighted by Gasteiger charge is 2.16. The van der Waals surface area contributed by atoms with Gasteiger partial charge in [0.05, 0.1) is 0 Å². The topological polar surface area (TPSA) is 77.7 Å². The van der Waals surface area contributed by atoms with Gasteiger partial charge in [-0.05, 0) is 52.8 Å². The summed E-state index contributed by atoms with van der Waals surface area (Å²) in [5.74, 6) is -0.948. The molecule has 0 aliphatic carbocycles. The number of aromatic amines is 1. The summed E-state index contributed by atoms with van der Waals surface area (Å²) in [6.45, 7) is 7.08. The lowest BCUT2D eigenvalue weighted by Gasteiger charge is -2.35. The molecule has 0 spiro atoms. The van der Waals surface area contributed by atoms with Crippen molar-refractivity contribution >= 4 is 39.2 Å². The third kappa shape index (κ3) is 5.33. The van der Waals surface area contributed by atoms with Gasteiger partial charge in [0.15, 0.2) is 6.61 Å². The van der Waals surface area contributed by atoms with Gasteiger partial charge in [0.1, 0.15) is 5.69 Å². The molecule has 2 N–H and O–H groups in total. The highest BCUT2D eigenvalue weighted by Crippen LogP contribution is 2.19. The Labute approximate surface area is 166 Å². The third-order valence-electron chi connectivity index (χ3n) is 4.54. The zero-order valence-electron chi connectivity index (χ0n) is 15.2. The van der Waals surface area contributed by atoms with Crippen molar-refractivity contribution in [2.45, 2.75) is 6.92 Å². The Balaban J connectivity index is 1.46. The van der Waals surface area contributed by atoms with E-state index in [0.29, 0.717) is 11.4 Å². The molecule has 0 atom stereocenters. The number of benzene rings is 1. The zero-order chi connectivity index (χ0) is 19.2. The number of hydrogen-bond donors (Lipinski definition) is 2. The fourth-order valence-corrected chi connectivity index (χ4v) is 3.31. The van der Waals surface area contributed by atoms with Crippen LogP contribution in [-0.2, 0) is 9.53 Å². The number of H-pyrrole nitrogens is 1. The molecule has 0 bridgehead atoms. The van der Waals surface area contributed by atoms with E-state index in [1.54, 1.807) is 12.3 Å². The lowest BCUT2D eigenvalue weighted by molar-refractivity contribution is -0.119. The highest BCUT2D eigenvalue weighted by molar-refractivity contribution is 9.10. The van der Waals surface area contributed by atoms with E-state index in [9.17, 15) is 9.59 Å². The molecule has 27 heavy (non-hydrogen) atoms. The van der Waals surface area contributed by atoms with E-state index < -0.39 is 5.97 Å². The van der Waals surface area contributed by atoms with E-state index in [1.165, 1.54) is 0 Å². The number of amides is 1. The molecule has 3 rings (SSSR count). The second kappa shape index (κ2) is 9.05. The van der Waals surface area contributed by atoms with Crippen molar-refractivity contribution in [1.82, 2.24) is 9.88 Å². The quantitative estimate of drug-likeness (QED) is 0.683. The lowest BCUT2D eigenvalue weighted by atomic mass is 10.2. The summed E-state index contributed by atoms with van der Waals surface area (Å²) in [5.41, 5.74) is 2.12. The number of carbonyl (C=O) groups excluding carboxylic acids is 2. The van der Waals surface area contributed by atoms with Crippen molar-refractivity contribution in [3.05, 3.63) is 46.7 Å². The molecule has 1 fully saturated rings. The highest BCUT2D eigenvalue weighted by atomic mass is 79.9. The summed E-state index contributed by atoms with van der Waals surface area (Å²) in [5, 5.41) is 2.74. The molecule has 0 radical (unpaired) electrons. The standard InChI is InChI=1S/C19H23BrN4O3/c1-2-23-7-9-24(10-8-23)16-5-3-15(4-6-16)22-18(25)13-27-19(26)17-11-14(20)12-21-17/h3-6,11-12,21H,2,7-10,13H2,1H3,(H,22,25). The zero-order valence-corrected chi connectivity index (χ0v) is 16.8. The number of likely N-dealkylation sites (N-methyl/N-ethyl adjacent to an activating group) is 1. The van der Waals surface area contributed by atoms with Crippen LogP contribution in [0.2, 0.25) is 0 Å². The largest absolute Gasteiger partial charge is 0.451 e. The molecule has 1 aliphatic heterocycles. The first-order chi connectivity index (χ1) is 13.0. The Morgan fingerprint density at radius 2 is 1.89 bits per heavy atom. The van der Waals surface area contributed by atoms with Crippen LogP contribution in [0.1, 0.15) is 17.4 Å². The maximum atomic E-state index is 12.0.